The van der Waals surface area contributed by atoms with Gasteiger partial charge in [0.25, 0.3) is 0 Å². The van der Waals surface area contributed by atoms with Crippen LogP contribution >= 0.6 is 0 Å². The Bertz CT molecular complexity index is 569. The maximum absolute atomic E-state index is 6.50. The van der Waals surface area contributed by atoms with Gasteiger partial charge in [-0.25, -0.2) is 0 Å². The minimum absolute atomic E-state index is 0.188. The standard InChI is InChI=1S/C18H23NO2/c1-4-21-18(14-8-6-5-7-9-14)17(19)15-12-13(2)10-11-16(15)20-3/h5-12,17-18H,4,19H2,1-3H3. The van der Waals surface area contributed by atoms with Gasteiger partial charge in [0.2, 0.25) is 0 Å². The summed E-state index contributed by atoms with van der Waals surface area (Å²) in [6.45, 7) is 4.64. The Kier molecular flexibility index (Phi) is 5.37. The van der Waals surface area contributed by atoms with Crippen molar-refractivity contribution in [1.82, 2.24) is 0 Å². The molecule has 0 bridgehead atoms. The number of methoxy groups -OCH3 is 1. The average molecular weight is 285 g/mol. The summed E-state index contributed by atoms with van der Waals surface area (Å²) in [5, 5.41) is 0. The van der Waals surface area contributed by atoms with Crippen molar-refractivity contribution < 1.29 is 9.47 Å². The van der Waals surface area contributed by atoms with Crippen molar-refractivity contribution in [1.29, 1.82) is 0 Å². The molecule has 0 saturated heterocycles. The molecule has 0 amide bonds. The molecule has 2 aromatic carbocycles. The minimum atomic E-state index is -0.276. The molecule has 3 nitrogen and oxygen atoms in total. The maximum atomic E-state index is 6.50. The highest BCUT2D eigenvalue weighted by Crippen LogP contribution is 2.35. The Labute approximate surface area is 126 Å². The van der Waals surface area contributed by atoms with E-state index in [0.29, 0.717) is 6.61 Å². The number of aryl methyl sites for hydroxylation is 1. The van der Waals surface area contributed by atoms with Crippen LogP contribution in [0.4, 0.5) is 0 Å². The highest BCUT2D eigenvalue weighted by molar-refractivity contribution is 5.40. The van der Waals surface area contributed by atoms with Gasteiger partial charge in [0, 0.05) is 12.2 Å². The molecular formula is C18H23NO2. The zero-order chi connectivity index (χ0) is 15.2. The Morgan fingerprint density at radius 3 is 2.43 bits per heavy atom. The predicted molar refractivity (Wildman–Crippen MR) is 85.5 cm³/mol. The van der Waals surface area contributed by atoms with E-state index in [0.717, 1.165) is 22.4 Å². The Balaban J connectivity index is 2.39. The Hall–Kier alpha value is -1.84. The molecule has 0 heterocycles. The summed E-state index contributed by atoms with van der Waals surface area (Å²) in [5.74, 6) is 0.800. The predicted octanol–water partition coefficient (Wildman–Crippen LogP) is 3.78. The molecule has 0 aromatic heterocycles. The third-order valence-electron chi connectivity index (χ3n) is 3.54. The average Bonchev–Trinajstić information content (AvgIpc) is 2.52. The quantitative estimate of drug-likeness (QED) is 0.878. The van der Waals surface area contributed by atoms with Crippen LogP contribution in [0.3, 0.4) is 0 Å². The molecule has 2 rings (SSSR count). The van der Waals surface area contributed by atoms with Gasteiger partial charge in [-0.05, 0) is 25.5 Å². The van der Waals surface area contributed by atoms with E-state index in [-0.39, 0.29) is 12.1 Å². The van der Waals surface area contributed by atoms with Crippen LogP contribution in [0, 0.1) is 6.92 Å². The van der Waals surface area contributed by atoms with Crippen LogP contribution in [0.5, 0.6) is 5.75 Å². The molecule has 0 aliphatic heterocycles. The van der Waals surface area contributed by atoms with Gasteiger partial charge in [0.05, 0.1) is 13.2 Å². The summed E-state index contributed by atoms with van der Waals surface area (Å²) in [7, 11) is 1.67. The number of ether oxygens (including phenoxy) is 2. The first kappa shape index (κ1) is 15.5. The monoisotopic (exact) mass is 285 g/mol. The van der Waals surface area contributed by atoms with E-state index in [1.54, 1.807) is 7.11 Å². The summed E-state index contributed by atoms with van der Waals surface area (Å²) in [6.07, 6.45) is -0.188. The lowest BCUT2D eigenvalue weighted by Gasteiger charge is -2.26. The summed E-state index contributed by atoms with van der Waals surface area (Å²) >= 11 is 0. The van der Waals surface area contributed by atoms with Crippen LogP contribution in [0.2, 0.25) is 0 Å². The van der Waals surface area contributed by atoms with E-state index in [2.05, 4.69) is 6.07 Å². The third kappa shape index (κ3) is 3.63. The van der Waals surface area contributed by atoms with E-state index in [1.165, 1.54) is 0 Å². The summed E-state index contributed by atoms with van der Waals surface area (Å²) < 4.78 is 11.4. The molecule has 0 radical (unpaired) electrons. The van der Waals surface area contributed by atoms with Crippen molar-refractivity contribution >= 4 is 0 Å². The first-order chi connectivity index (χ1) is 10.2. The maximum Gasteiger partial charge on any atom is 0.123 e. The summed E-state index contributed by atoms with van der Waals surface area (Å²) in [4.78, 5) is 0. The second-order valence-corrected chi connectivity index (χ2v) is 5.06. The first-order valence-corrected chi connectivity index (χ1v) is 7.24. The smallest absolute Gasteiger partial charge is 0.123 e. The topological polar surface area (TPSA) is 44.5 Å². The van der Waals surface area contributed by atoms with Gasteiger partial charge >= 0.3 is 0 Å². The molecule has 21 heavy (non-hydrogen) atoms. The molecular weight excluding hydrogens is 262 g/mol. The fraction of sp³-hybridized carbons (Fsp3) is 0.333. The van der Waals surface area contributed by atoms with Gasteiger partial charge < -0.3 is 15.2 Å². The number of hydrogen-bond donors (Lipinski definition) is 1. The SMILES string of the molecule is CCOC(c1ccccc1)C(N)c1cc(C)ccc1OC. The van der Waals surface area contributed by atoms with Gasteiger partial charge in [0.1, 0.15) is 11.9 Å². The van der Waals surface area contributed by atoms with E-state index < -0.39 is 0 Å². The summed E-state index contributed by atoms with van der Waals surface area (Å²) in [5.41, 5.74) is 9.71. The molecule has 0 fully saturated rings. The van der Waals surface area contributed by atoms with Crippen LogP contribution in [-0.4, -0.2) is 13.7 Å². The van der Waals surface area contributed by atoms with Gasteiger partial charge in [-0.2, -0.15) is 0 Å². The number of benzene rings is 2. The molecule has 3 heteroatoms. The van der Waals surface area contributed by atoms with E-state index >= 15 is 0 Å². The molecule has 2 N–H and O–H groups in total. The fourth-order valence-electron chi connectivity index (χ4n) is 2.51. The van der Waals surface area contributed by atoms with Crippen LogP contribution < -0.4 is 10.5 Å². The Morgan fingerprint density at radius 2 is 1.81 bits per heavy atom. The van der Waals surface area contributed by atoms with E-state index in [4.69, 9.17) is 15.2 Å². The molecule has 0 aliphatic carbocycles. The lowest BCUT2D eigenvalue weighted by atomic mass is 9.94. The van der Waals surface area contributed by atoms with Gasteiger partial charge in [-0.15, -0.1) is 0 Å². The van der Waals surface area contributed by atoms with Gasteiger partial charge in [0.15, 0.2) is 0 Å². The first-order valence-electron chi connectivity index (χ1n) is 7.24. The fourth-order valence-corrected chi connectivity index (χ4v) is 2.51. The Morgan fingerprint density at radius 1 is 1.10 bits per heavy atom. The minimum Gasteiger partial charge on any atom is -0.496 e. The largest absolute Gasteiger partial charge is 0.496 e. The third-order valence-corrected chi connectivity index (χ3v) is 3.54. The molecule has 0 saturated carbocycles. The highest BCUT2D eigenvalue weighted by atomic mass is 16.5. The second kappa shape index (κ2) is 7.25. The molecule has 0 spiro atoms. The molecule has 0 aliphatic rings. The molecule has 2 aromatic rings. The van der Waals surface area contributed by atoms with Gasteiger partial charge in [-0.3, -0.25) is 0 Å². The normalized spacial score (nSPS) is 13.7. The van der Waals surface area contributed by atoms with Crippen LogP contribution in [0.25, 0.3) is 0 Å². The van der Waals surface area contributed by atoms with Crippen LogP contribution in [0.1, 0.15) is 35.8 Å². The van der Waals surface area contributed by atoms with E-state index in [1.807, 2.05) is 56.3 Å². The number of hydrogen-bond acceptors (Lipinski definition) is 3. The highest BCUT2D eigenvalue weighted by Gasteiger charge is 2.24. The zero-order valence-corrected chi connectivity index (χ0v) is 12.9. The van der Waals surface area contributed by atoms with Gasteiger partial charge in [-0.1, -0.05) is 48.0 Å². The van der Waals surface area contributed by atoms with Crippen molar-refractivity contribution in [3.63, 3.8) is 0 Å². The zero-order valence-electron chi connectivity index (χ0n) is 12.9. The second-order valence-electron chi connectivity index (χ2n) is 5.06. The van der Waals surface area contributed by atoms with Crippen molar-refractivity contribution in [3.8, 4) is 5.75 Å². The van der Waals surface area contributed by atoms with Crippen LogP contribution in [0.15, 0.2) is 48.5 Å². The molecule has 2 atom stereocenters. The summed E-state index contributed by atoms with van der Waals surface area (Å²) in [6, 6.07) is 15.9. The van der Waals surface area contributed by atoms with E-state index in [9.17, 15) is 0 Å². The van der Waals surface area contributed by atoms with Crippen molar-refractivity contribution in [2.24, 2.45) is 5.73 Å². The van der Waals surface area contributed by atoms with Crippen molar-refractivity contribution in [2.45, 2.75) is 26.0 Å². The number of nitrogens with two attached hydrogens (primary N) is 1. The lowest BCUT2D eigenvalue weighted by Crippen LogP contribution is -2.23. The van der Waals surface area contributed by atoms with Crippen molar-refractivity contribution in [2.75, 3.05) is 13.7 Å². The molecule has 2 unspecified atom stereocenters. The van der Waals surface area contributed by atoms with Crippen molar-refractivity contribution in [3.05, 3.63) is 65.2 Å². The number of rotatable bonds is 6. The lowest BCUT2D eigenvalue weighted by molar-refractivity contribution is 0.0423. The van der Waals surface area contributed by atoms with Crippen LogP contribution in [-0.2, 0) is 4.74 Å². The molecule has 112 valence electrons.